The number of carbonyl (C=O) groups is 1. The fourth-order valence-electron chi connectivity index (χ4n) is 4.59. The Morgan fingerprint density at radius 2 is 2.03 bits per heavy atom. The number of amides is 2. The molecule has 1 saturated carbocycles. The van der Waals surface area contributed by atoms with E-state index in [0.29, 0.717) is 35.9 Å². The van der Waals surface area contributed by atoms with Crippen molar-refractivity contribution in [1.82, 2.24) is 19.6 Å². The zero-order chi connectivity index (χ0) is 20.1. The number of nitrogens with zero attached hydrogens (tertiary/aromatic N) is 4. The Morgan fingerprint density at radius 1 is 1.31 bits per heavy atom. The van der Waals surface area contributed by atoms with Gasteiger partial charge < -0.3 is 24.8 Å². The molecule has 0 bridgehead atoms. The first-order chi connectivity index (χ1) is 14.0. The van der Waals surface area contributed by atoms with Crippen molar-refractivity contribution in [3.05, 3.63) is 59.8 Å². The molecule has 150 valence electrons. The number of aliphatic hydroxyl groups is 1. The summed E-state index contributed by atoms with van der Waals surface area (Å²) >= 11 is 0. The van der Waals surface area contributed by atoms with E-state index < -0.39 is 6.10 Å². The minimum atomic E-state index is -0.638. The van der Waals surface area contributed by atoms with Crippen molar-refractivity contribution in [3.8, 4) is 11.3 Å². The van der Waals surface area contributed by atoms with Crippen LogP contribution in [0.2, 0.25) is 0 Å². The molecule has 0 unspecified atom stereocenters. The number of imidazole rings is 1. The molecule has 2 aromatic heterocycles. The summed E-state index contributed by atoms with van der Waals surface area (Å²) in [7, 11) is 0. The van der Waals surface area contributed by atoms with Crippen LogP contribution in [0.5, 0.6) is 0 Å². The molecule has 3 N–H and O–H groups in total. The highest BCUT2D eigenvalue weighted by Crippen LogP contribution is 2.58. The molecule has 2 amide bonds. The minimum absolute atomic E-state index is 0.316. The van der Waals surface area contributed by atoms with E-state index in [9.17, 15) is 9.90 Å². The molecule has 1 aliphatic carbocycles. The van der Waals surface area contributed by atoms with Crippen LogP contribution >= 0.6 is 0 Å². The standard InChI is InChI=1S/C21H23N5O3/c1-12(27)20-23-6-7-25(20)9-15-8-18(29-24-15)13-2-4-14(5-3-13)19-16-10-26(21(22)28)11-17(16)19/h2-8,12,16-17,19,27H,9-11H2,1H3,(H2,22,28)/t12-,16-,17+,19+/m0/s1. The van der Waals surface area contributed by atoms with E-state index >= 15 is 0 Å². The van der Waals surface area contributed by atoms with Crippen molar-refractivity contribution in [2.45, 2.75) is 25.5 Å². The van der Waals surface area contributed by atoms with Crippen LogP contribution in [0.15, 0.2) is 47.2 Å². The van der Waals surface area contributed by atoms with Crippen molar-refractivity contribution in [2.75, 3.05) is 13.1 Å². The zero-order valence-electron chi connectivity index (χ0n) is 16.1. The second-order valence-corrected chi connectivity index (χ2v) is 7.99. The number of piperidine rings is 1. The van der Waals surface area contributed by atoms with Crippen molar-refractivity contribution in [3.63, 3.8) is 0 Å². The lowest BCUT2D eigenvalue weighted by atomic mass is 10.0. The highest BCUT2D eigenvalue weighted by atomic mass is 16.5. The summed E-state index contributed by atoms with van der Waals surface area (Å²) in [6, 6.07) is 9.98. The van der Waals surface area contributed by atoms with E-state index in [1.165, 1.54) is 5.56 Å². The lowest BCUT2D eigenvalue weighted by molar-refractivity contribution is 0.184. The number of nitrogens with two attached hydrogens (primary N) is 1. The Labute approximate surface area is 167 Å². The van der Waals surface area contributed by atoms with Crippen molar-refractivity contribution in [2.24, 2.45) is 17.6 Å². The number of rotatable bonds is 5. The van der Waals surface area contributed by atoms with Crippen LogP contribution in [-0.4, -0.2) is 43.8 Å². The first-order valence-corrected chi connectivity index (χ1v) is 9.80. The van der Waals surface area contributed by atoms with Crippen molar-refractivity contribution in [1.29, 1.82) is 0 Å². The summed E-state index contributed by atoms with van der Waals surface area (Å²) in [5, 5.41) is 13.9. The number of hydrogen-bond donors (Lipinski definition) is 2. The van der Waals surface area contributed by atoms with Gasteiger partial charge in [0.05, 0.1) is 6.54 Å². The van der Waals surface area contributed by atoms with E-state index in [1.807, 2.05) is 16.8 Å². The van der Waals surface area contributed by atoms with E-state index in [1.54, 1.807) is 18.0 Å². The summed E-state index contributed by atoms with van der Waals surface area (Å²) in [6.07, 6.45) is 2.84. The molecule has 1 saturated heterocycles. The molecule has 1 aliphatic heterocycles. The van der Waals surface area contributed by atoms with Gasteiger partial charge in [0.2, 0.25) is 0 Å². The maximum absolute atomic E-state index is 11.3. The van der Waals surface area contributed by atoms with Crippen LogP contribution in [0.3, 0.4) is 0 Å². The molecular formula is C21H23N5O3. The number of aromatic nitrogens is 3. The summed E-state index contributed by atoms with van der Waals surface area (Å²) in [5.41, 5.74) is 8.41. The number of likely N-dealkylation sites (tertiary alicyclic amines) is 1. The van der Waals surface area contributed by atoms with Gasteiger partial charge in [0.25, 0.3) is 0 Å². The highest BCUT2D eigenvalue weighted by Gasteiger charge is 2.56. The molecular weight excluding hydrogens is 370 g/mol. The monoisotopic (exact) mass is 393 g/mol. The van der Waals surface area contributed by atoms with Gasteiger partial charge in [-0.25, -0.2) is 9.78 Å². The SMILES string of the molecule is C[C@H](O)c1nccn1Cc1cc(-c2ccc([C@H]3[C@@H]4CN(C(N)=O)C[C@@H]43)cc2)on1. The number of primary amides is 1. The van der Waals surface area contributed by atoms with Gasteiger partial charge in [-0.2, -0.15) is 0 Å². The number of aliphatic hydroxyl groups excluding tert-OH is 1. The van der Waals surface area contributed by atoms with Crippen LogP contribution in [0.25, 0.3) is 11.3 Å². The molecule has 1 aromatic carbocycles. The normalized spacial score (nSPS) is 23.8. The average Bonchev–Trinajstić information content (AvgIpc) is 3.19. The molecule has 5 rings (SSSR count). The average molecular weight is 393 g/mol. The topological polar surface area (TPSA) is 110 Å². The minimum Gasteiger partial charge on any atom is -0.385 e. The van der Waals surface area contributed by atoms with Crippen LogP contribution in [-0.2, 0) is 6.54 Å². The van der Waals surface area contributed by atoms with Crippen molar-refractivity contribution >= 4 is 6.03 Å². The Balaban J connectivity index is 1.26. The van der Waals surface area contributed by atoms with Gasteiger partial charge in [0.1, 0.15) is 17.6 Å². The van der Waals surface area contributed by atoms with Gasteiger partial charge in [0.15, 0.2) is 5.76 Å². The summed E-state index contributed by atoms with van der Waals surface area (Å²) < 4.78 is 7.38. The lowest BCUT2D eigenvalue weighted by Gasteiger charge is -2.17. The number of fused-ring (bicyclic) bond motifs is 1. The van der Waals surface area contributed by atoms with Gasteiger partial charge in [-0.05, 0) is 30.2 Å². The second-order valence-electron chi connectivity index (χ2n) is 7.99. The molecule has 2 aliphatic rings. The molecule has 8 heteroatoms. The number of urea groups is 1. The molecule has 3 aromatic rings. The largest absolute Gasteiger partial charge is 0.385 e. The summed E-state index contributed by atoms with van der Waals surface area (Å²) in [6.45, 7) is 3.71. The Kier molecular flexibility index (Phi) is 4.16. The predicted molar refractivity (Wildman–Crippen MR) is 105 cm³/mol. The molecule has 4 atom stereocenters. The summed E-state index contributed by atoms with van der Waals surface area (Å²) in [5.74, 6) is 2.89. The van der Waals surface area contributed by atoms with Crippen LogP contribution in [0.1, 0.15) is 36.0 Å². The smallest absolute Gasteiger partial charge is 0.314 e. The molecule has 8 nitrogen and oxygen atoms in total. The number of hydrogen-bond acceptors (Lipinski definition) is 5. The van der Waals surface area contributed by atoms with Gasteiger partial charge in [0, 0.05) is 37.1 Å². The Bertz CT molecular complexity index is 1030. The molecule has 0 radical (unpaired) electrons. The van der Waals surface area contributed by atoms with Gasteiger partial charge in [-0.1, -0.05) is 29.4 Å². The van der Waals surface area contributed by atoms with E-state index in [4.69, 9.17) is 10.3 Å². The van der Waals surface area contributed by atoms with E-state index in [2.05, 4.69) is 34.4 Å². The first-order valence-electron chi connectivity index (χ1n) is 9.80. The number of carbonyl (C=O) groups excluding carboxylic acids is 1. The predicted octanol–water partition coefficient (Wildman–Crippen LogP) is 2.36. The van der Waals surface area contributed by atoms with Crippen LogP contribution in [0, 0.1) is 11.8 Å². The Morgan fingerprint density at radius 3 is 2.69 bits per heavy atom. The number of benzene rings is 1. The zero-order valence-corrected chi connectivity index (χ0v) is 16.1. The third kappa shape index (κ3) is 3.19. The second kappa shape index (κ2) is 6.73. The van der Waals surface area contributed by atoms with E-state index in [-0.39, 0.29) is 6.03 Å². The maximum atomic E-state index is 11.3. The Hall–Kier alpha value is -3.13. The van der Waals surface area contributed by atoms with Crippen molar-refractivity contribution < 1.29 is 14.4 Å². The fraction of sp³-hybridized carbons (Fsp3) is 0.381. The van der Waals surface area contributed by atoms with Gasteiger partial charge in [-0.3, -0.25) is 0 Å². The van der Waals surface area contributed by atoms with Gasteiger partial charge >= 0.3 is 6.03 Å². The highest BCUT2D eigenvalue weighted by molar-refractivity contribution is 5.72. The third-order valence-electron chi connectivity index (χ3n) is 6.10. The molecule has 2 fully saturated rings. The van der Waals surface area contributed by atoms with Crippen LogP contribution in [0.4, 0.5) is 4.79 Å². The quantitative estimate of drug-likeness (QED) is 0.691. The van der Waals surface area contributed by atoms with Crippen LogP contribution < -0.4 is 5.73 Å². The molecule has 29 heavy (non-hydrogen) atoms. The maximum Gasteiger partial charge on any atom is 0.314 e. The molecule has 3 heterocycles. The molecule has 0 spiro atoms. The summed E-state index contributed by atoms with van der Waals surface area (Å²) in [4.78, 5) is 17.2. The fourth-order valence-corrected chi connectivity index (χ4v) is 4.59. The third-order valence-corrected chi connectivity index (χ3v) is 6.10. The lowest BCUT2D eigenvalue weighted by Crippen LogP contribution is -2.35. The first kappa shape index (κ1) is 17.9. The van der Waals surface area contributed by atoms with Gasteiger partial charge in [-0.15, -0.1) is 0 Å². The van der Waals surface area contributed by atoms with E-state index in [0.717, 1.165) is 24.3 Å².